The van der Waals surface area contributed by atoms with Crippen molar-refractivity contribution in [2.45, 2.75) is 32.9 Å². The van der Waals surface area contributed by atoms with Crippen molar-refractivity contribution in [2.24, 2.45) is 0 Å². The zero-order valence-corrected chi connectivity index (χ0v) is 13.9. The smallest absolute Gasteiger partial charge is 0.333 e. The van der Waals surface area contributed by atoms with Crippen molar-refractivity contribution in [2.75, 3.05) is 38.2 Å². The first-order valence-electron chi connectivity index (χ1n) is 8.02. The van der Waals surface area contributed by atoms with E-state index in [0.29, 0.717) is 30.6 Å². The van der Waals surface area contributed by atoms with E-state index in [0.717, 1.165) is 19.8 Å². The molecule has 128 valence electrons. The molecule has 1 aromatic rings. The van der Waals surface area contributed by atoms with Crippen molar-refractivity contribution in [3.8, 4) is 5.75 Å². The average Bonchev–Trinajstić information content (AvgIpc) is 2.53. The van der Waals surface area contributed by atoms with Crippen LogP contribution in [0.5, 0.6) is 5.75 Å². The number of nitrogens with one attached hydrogen (secondary N) is 1. The van der Waals surface area contributed by atoms with E-state index < -0.39 is 4.92 Å². The van der Waals surface area contributed by atoms with Crippen molar-refractivity contribution in [1.29, 1.82) is 0 Å². The summed E-state index contributed by atoms with van der Waals surface area (Å²) >= 11 is 0. The minimum absolute atomic E-state index is 0.00317. The maximum atomic E-state index is 11.4. The van der Waals surface area contributed by atoms with Crippen LogP contribution in [-0.4, -0.2) is 54.8 Å². The van der Waals surface area contributed by atoms with E-state index in [1.807, 2.05) is 6.92 Å². The van der Waals surface area contributed by atoms with Gasteiger partial charge >= 0.3 is 5.69 Å². The Morgan fingerprint density at radius 2 is 2.35 bits per heavy atom. The molecule has 7 heteroatoms. The number of hydrogen-bond donors (Lipinski definition) is 1. The van der Waals surface area contributed by atoms with E-state index in [1.165, 1.54) is 0 Å². The van der Waals surface area contributed by atoms with Gasteiger partial charge in [0.05, 0.1) is 24.7 Å². The summed E-state index contributed by atoms with van der Waals surface area (Å²) in [5, 5.41) is 14.6. The number of anilines is 1. The summed E-state index contributed by atoms with van der Waals surface area (Å²) in [5.74, 6) is 0.301. The van der Waals surface area contributed by atoms with E-state index >= 15 is 0 Å². The summed E-state index contributed by atoms with van der Waals surface area (Å²) in [6.45, 7) is 9.42. The van der Waals surface area contributed by atoms with Crippen molar-refractivity contribution in [1.82, 2.24) is 4.90 Å². The maximum Gasteiger partial charge on any atom is 0.333 e. The number of nitro groups is 1. The third-order valence-corrected chi connectivity index (χ3v) is 4.05. The minimum Gasteiger partial charge on any atom is -0.487 e. The molecule has 1 N–H and O–H groups in total. The van der Waals surface area contributed by atoms with Gasteiger partial charge in [-0.05, 0) is 32.9 Å². The number of ether oxygens (including phenoxy) is 2. The lowest BCUT2D eigenvalue weighted by molar-refractivity contribution is -0.384. The fourth-order valence-corrected chi connectivity index (χ4v) is 2.89. The first-order chi connectivity index (χ1) is 11.0. The van der Waals surface area contributed by atoms with Crippen LogP contribution in [0, 0.1) is 10.1 Å². The van der Waals surface area contributed by atoms with Gasteiger partial charge in [0.1, 0.15) is 5.69 Å². The van der Waals surface area contributed by atoms with Gasteiger partial charge in [0.2, 0.25) is 0 Å². The van der Waals surface area contributed by atoms with Crippen LogP contribution in [0.1, 0.15) is 20.8 Å². The molecule has 7 nitrogen and oxygen atoms in total. The van der Waals surface area contributed by atoms with Crippen molar-refractivity contribution in [3.05, 3.63) is 28.3 Å². The van der Waals surface area contributed by atoms with Gasteiger partial charge in [0.15, 0.2) is 5.75 Å². The number of nitro benzene ring substituents is 1. The van der Waals surface area contributed by atoms with Crippen LogP contribution in [0.15, 0.2) is 18.2 Å². The molecule has 1 heterocycles. The molecular formula is C16H25N3O4. The summed E-state index contributed by atoms with van der Waals surface area (Å²) in [4.78, 5) is 13.3. The third-order valence-electron chi connectivity index (χ3n) is 4.05. The Hall–Kier alpha value is -1.86. The Bertz CT molecular complexity index is 538. The zero-order valence-electron chi connectivity index (χ0n) is 13.9. The first kappa shape index (κ1) is 17.5. The van der Waals surface area contributed by atoms with Crippen LogP contribution in [0.25, 0.3) is 0 Å². The van der Waals surface area contributed by atoms with Gasteiger partial charge in [-0.2, -0.15) is 0 Å². The number of rotatable bonds is 7. The highest BCUT2D eigenvalue weighted by Gasteiger charge is 2.25. The Kier molecular flexibility index (Phi) is 6.18. The van der Waals surface area contributed by atoms with Crippen molar-refractivity contribution in [3.63, 3.8) is 0 Å². The van der Waals surface area contributed by atoms with Gasteiger partial charge in [-0.1, -0.05) is 6.07 Å². The predicted molar refractivity (Wildman–Crippen MR) is 89.2 cm³/mol. The summed E-state index contributed by atoms with van der Waals surface area (Å²) in [7, 11) is 0. The van der Waals surface area contributed by atoms with Crippen LogP contribution >= 0.6 is 0 Å². The lowest BCUT2D eigenvalue weighted by Gasteiger charge is -2.38. The Morgan fingerprint density at radius 1 is 1.57 bits per heavy atom. The Balaban J connectivity index is 2.07. The topological polar surface area (TPSA) is 76.9 Å². The maximum absolute atomic E-state index is 11.4. The molecule has 1 aromatic carbocycles. The highest BCUT2D eigenvalue weighted by Crippen LogP contribution is 2.34. The lowest BCUT2D eigenvalue weighted by Crippen LogP contribution is -2.50. The second-order valence-corrected chi connectivity index (χ2v) is 5.73. The second-order valence-electron chi connectivity index (χ2n) is 5.73. The summed E-state index contributed by atoms with van der Waals surface area (Å²) in [6, 6.07) is 5.72. The molecule has 2 atom stereocenters. The van der Waals surface area contributed by atoms with E-state index in [4.69, 9.17) is 9.47 Å². The number of para-hydroxylation sites is 1. The normalized spacial score (nSPS) is 20.0. The molecule has 1 saturated heterocycles. The Labute approximate surface area is 136 Å². The average molecular weight is 323 g/mol. The van der Waals surface area contributed by atoms with Gasteiger partial charge < -0.3 is 14.8 Å². The molecule has 2 rings (SSSR count). The monoisotopic (exact) mass is 323 g/mol. The molecule has 1 fully saturated rings. The van der Waals surface area contributed by atoms with Gasteiger partial charge in [-0.3, -0.25) is 15.0 Å². The Morgan fingerprint density at radius 3 is 3.00 bits per heavy atom. The molecule has 0 aromatic heterocycles. The molecule has 23 heavy (non-hydrogen) atoms. The quantitative estimate of drug-likeness (QED) is 0.614. The van der Waals surface area contributed by atoms with E-state index in [9.17, 15) is 10.1 Å². The predicted octanol–water partition coefficient (Wildman–Crippen LogP) is 2.51. The first-order valence-corrected chi connectivity index (χ1v) is 8.02. The molecule has 1 aliphatic heterocycles. The molecular weight excluding hydrogens is 298 g/mol. The molecule has 0 saturated carbocycles. The van der Waals surface area contributed by atoms with Gasteiger partial charge in [0, 0.05) is 25.2 Å². The van der Waals surface area contributed by atoms with Crippen molar-refractivity contribution < 1.29 is 14.4 Å². The van der Waals surface area contributed by atoms with Crippen LogP contribution in [0.3, 0.4) is 0 Å². The van der Waals surface area contributed by atoms with Gasteiger partial charge in [0.25, 0.3) is 0 Å². The molecule has 0 amide bonds. The number of morpholine rings is 1. The standard InChI is InChI=1S/C16H25N3O4/c1-4-23-15-7-5-6-14(16(15)19(20)21)17-10-12(2)18-8-9-22-11-13(18)3/h5-7,12-13,17H,4,8-11H2,1-3H3. The highest BCUT2D eigenvalue weighted by atomic mass is 16.6. The zero-order chi connectivity index (χ0) is 16.8. The third kappa shape index (κ3) is 4.33. The SMILES string of the molecule is CCOc1cccc(NCC(C)N2CCOCC2C)c1[N+](=O)[O-]. The second kappa shape index (κ2) is 8.12. The van der Waals surface area contributed by atoms with E-state index in [1.54, 1.807) is 18.2 Å². The fourth-order valence-electron chi connectivity index (χ4n) is 2.89. The molecule has 2 unspecified atom stereocenters. The largest absolute Gasteiger partial charge is 0.487 e. The molecule has 0 radical (unpaired) electrons. The van der Waals surface area contributed by atoms with Crippen LogP contribution in [-0.2, 0) is 4.74 Å². The lowest BCUT2D eigenvalue weighted by atomic mass is 10.1. The number of hydrogen-bond acceptors (Lipinski definition) is 6. The van der Waals surface area contributed by atoms with Crippen LogP contribution in [0.2, 0.25) is 0 Å². The number of nitrogens with zero attached hydrogens (tertiary/aromatic N) is 2. The van der Waals surface area contributed by atoms with Crippen LogP contribution in [0.4, 0.5) is 11.4 Å². The summed E-state index contributed by atoms with van der Waals surface area (Å²) in [6.07, 6.45) is 0. The van der Waals surface area contributed by atoms with E-state index in [-0.39, 0.29) is 11.7 Å². The minimum atomic E-state index is -0.393. The van der Waals surface area contributed by atoms with Crippen LogP contribution < -0.4 is 10.1 Å². The fraction of sp³-hybridized carbons (Fsp3) is 0.625. The van der Waals surface area contributed by atoms with E-state index in [2.05, 4.69) is 24.1 Å². The summed E-state index contributed by atoms with van der Waals surface area (Å²) in [5.41, 5.74) is 0.491. The van der Waals surface area contributed by atoms with Crippen molar-refractivity contribution >= 4 is 11.4 Å². The molecule has 0 bridgehead atoms. The van der Waals surface area contributed by atoms with Gasteiger partial charge in [-0.25, -0.2) is 0 Å². The highest BCUT2D eigenvalue weighted by molar-refractivity contribution is 5.68. The summed E-state index contributed by atoms with van der Waals surface area (Å²) < 4.78 is 10.8. The molecule has 1 aliphatic rings. The molecule has 0 aliphatic carbocycles. The number of benzene rings is 1. The van der Waals surface area contributed by atoms with Gasteiger partial charge in [-0.15, -0.1) is 0 Å². The molecule has 0 spiro atoms.